The summed E-state index contributed by atoms with van der Waals surface area (Å²) in [4.78, 5) is 0. The highest BCUT2D eigenvalue weighted by Crippen LogP contribution is 2.28. The van der Waals surface area contributed by atoms with E-state index < -0.39 is 10.1 Å². The molecule has 1 aromatic heterocycles. The molecule has 0 saturated carbocycles. The molecule has 3 aromatic rings. The van der Waals surface area contributed by atoms with Gasteiger partial charge in [0.1, 0.15) is 0 Å². The van der Waals surface area contributed by atoms with Crippen molar-refractivity contribution in [3.05, 3.63) is 48.5 Å². The lowest BCUT2D eigenvalue weighted by molar-refractivity contribution is 0.479. The normalized spacial score (nSPS) is 12.2. The Labute approximate surface area is 117 Å². The zero-order valence-corrected chi connectivity index (χ0v) is 11.7. The smallest absolute Gasteiger partial charge is 0.264 e. The first-order valence-corrected chi connectivity index (χ1v) is 8.08. The molecule has 5 heteroatoms. The average molecular weight is 289 g/mol. The average Bonchev–Trinajstić information content (AvgIpc) is 2.73. The van der Waals surface area contributed by atoms with Crippen LogP contribution in [0.15, 0.2) is 48.5 Å². The van der Waals surface area contributed by atoms with Gasteiger partial charge in [0.25, 0.3) is 10.1 Å². The van der Waals surface area contributed by atoms with Crippen LogP contribution < -0.4 is 0 Å². The fourth-order valence-electron chi connectivity index (χ4n) is 2.65. The minimum atomic E-state index is -3.90. The zero-order chi connectivity index (χ0) is 14.2. The first-order valence-electron chi connectivity index (χ1n) is 6.47. The van der Waals surface area contributed by atoms with Crippen LogP contribution in [0.3, 0.4) is 0 Å². The summed E-state index contributed by atoms with van der Waals surface area (Å²) in [5, 5.41) is 2.32. The predicted octanol–water partition coefficient (Wildman–Crippen LogP) is 3.07. The minimum absolute atomic E-state index is 0.214. The van der Waals surface area contributed by atoms with Gasteiger partial charge < -0.3 is 4.57 Å². The summed E-state index contributed by atoms with van der Waals surface area (Å²) >= 11 is 0. The van der Waals surface area contributed by atoms with E-state index in [0.29, 0.717) is 13.0 Å². The summed E-state index contributed by atoms with van der Waals surface area (Å²) in [6, 6.07) is 16.1. The summed E-state index contributed by atoms with van der Waals surface area (Å²) < 4.78 is 32.6. The van der Waals surface area contributed by atoms with Crippen molar-refractivity contribution in [2.75, 3.05) is 5.75 Å². The summed E-state index contributed by atoms with van der Waals surface area (Å²) in [6.07, 6.45) is 0.390. The molecule has 2 aromatic carbocycles. The van der Waals surface area contributed by atoms with Crippen molar-refractivity contribution < 1.29 is 13.0 Å². The number of nitrogens with zero attached hydrogens (tertiary/aromatic N) is 1. The summed E-state index contributed by atoms with van der Waals surface area (Å²) in [5.74, 6) is -0.214. The van der Waals surface area contributed by atoms with Crippen LogP contribution in [-0.4, -0.2) is 23.3 Å². The third-order valence-electron chi connectivity index (χ3n) is 3.46. The van der Waals surface area contributed by atoms with Gasteiger partial charge in [0, 0.05) is 28.4 Å². The van der Waals surface area contributed by atoms with Crippen LogP contribution in [0.4, 0.5) is 0 Å². The summed E-state index contributed by atoms with van der Waals surface area (Å²) in [7, 11) is -3.90. The fourth-order valence-corrected chi connectivity index (χ4v) is 3.14. The van der Waals surface area contributed by atoms with Crippen LogP contribution in [0.25, 0.3) is 21.8 Å². The van der Waals surface area contributed by atoms with Crippen LogP contribution in [0, 0.1) is 0 Å². The second-order valence-electron chi connectivity index (χ2n) is 4.83. The Balaban J connectivity index is 2.07. The Bertz CT molecular complexity index is 812. The number of benzene rings is 2. The van der Waals surface area contributed by atoms with Crippen molar-refractivity contribution in [1.82, 2.24) is 4.57 Å². The molecule has 0 saturated heterocycles. The maximum Gasteiger partial charge on any atom is 0.264 e. The lowest BCUT2D eigenvalue weighted by Gasteiger charge is -2.06. The van der Waals surface area contributed by atoms with E-state index >= 15 is 0 Å². The van der Waals surface area contributed by atoms with E-state index in [1.807, 2.05) is 36.4 Å². The maximum atomic E-state index is 10.8. The Morgan fingerprint density at radius 1 is 0.900 bits per heavy atom. The zero-order valence-electron chi connectivity index (χ0n) is 10.9. The number of para-hydroxylation sites is 2. The van der Waals surface area contributed by atoms with Gasteiger partial charge in [-0.05, 0) is 18.6 Å². The molecule has 0 aliphatic carbocycles. The first kappa shape index (κ1) is 13.1. The number of rotatable bonds is 4. The highest BCUT2D eigenvalue weighted by atomic mass is 32.2. The van der Waals surface area contributed by atoms with Crippen molar-refractivity contribution in [2.45, 2.75) is 13.0 Å². The number of hydrogen-bond donors (Lipinski definition) is 1. The third kappa shape index (κ3) is 2.42. The summed E-state index contributed by atoms with van der Waals surface area (Å²) in [6.45, 7) is 0.563. The molecule has 0 spiro atoms. The van der Waals surface area contributed by atoms with Crippen LogP contribution in [-0.2, 0) is 16.7 Å². The molecule has 0 aliphatic rings. The molecule has 0 fully saturated rings. The van der Waals surface area contributed by atoms with Gasteiger partial charge in [0.15, 0.2) is 0 Å². The topological polar surface area (TPSA) is 59.3 Å². The molecule has 0 unspecified atom stereocenters. The number of aryl methyl sites for hydroxylation is 1. The maximum absolute atomic E-state index is 10.8. The van der Waals surface area contributed by atoms with Gasteiger partial charge in [-0.15, -0.1) is 0 Å². The highest BCUT2D eigenvalue weighted by molar-refractivity contribution is 7.85. The van der Waals surface area contributed by atoms with Crippen molar-refractivity contribution >= 4 is 31.9 Å². The molecule has 0 aliphatic heterocycles. The largest absolute Gasteiger partial charge is 0.340 e. The lowest BCUT2D eigenvalue weighted by Crippen LogP contribution is -2.07. The molecule has 0 amide bonds. The van der Waals surface area contributed by atoms with Gasteiger partial charge in [-0.3, -0.25) is 4.55 Å². The molecule has 4 nitrogen and oxygen atoms in total. The third-order valence-corrected chi connectivity index (χ3v) is 4.27. The predicted molar refractivity (Wildman–Crippen MR) is 80.5 cm³/mol. The molecule has 0 atom stereocenters. The van der Waals surface area contributed by atoms with E-state index in [-0.39, 0.29) is 5.75 Å². The van der Waals surface area contributed by atoms with Gasteiger partial charge in [-0.2, -0.15) is 8.42 Å². The molecule has 20 heavy (non-hydrogen) atoms. The van der Waals surface area contributed by atoms with E-state index in [1.165, 1.54) is 0 Å². The molecule has 1 N–H and O–H groups in total. The second kappa shape index (κ2) is 4.92. The quantitative estimate of drug-likeness (QED) is 0.751. The molecular weight excluding hydrogens is 274 g/mol. The summed E-state index contributed by atoms with van der Waals surface area (Å²) in [5.41, 5.74) is 2.17. The minimum Gasteiger partial charge on any atom is -0.340 e. The molecule has 1 heterocycles. The van der Waals surface area contributed by atoms with Crippen molar-refractivity contribution in [3.8, 4) is 0 Å². The standard InChI is InChI=1S/C15H15NO3S/c17-20(18,19)11-5-10-16-14-8-3-1-6-12(14)13-7-2-4-9-15(13)16/h1-4,6-9H,5,10-11H2,(H,17,18,19). The Hall–Kier alpha value is -1.85. The second-order valence-corrected chi connectivity index (χ2v) is 6.40. The van der Waals surface area contributed by atoms with Crippen molar-refractivity contribution in [1.29, 1.82) is 0 Å². The SMILES string of the molecule is O=S(=O)(O)CCCn1c2ccccc2c2ccccc21. The first-order chi connectivity index (χ1) is 9.56. The van der Waals surface area contributed by atoms with Gasteiger partial charge in [0.05, 0.1) is 5.75 Å². The van der Waals surface area contributed by atoms with E-state index in [9.17, 15) is 8.42 Å². The Morgan fingerprint density at radius 2 is 1.40 bits per heavy atom. The molecule has 104 valence electrons. The van der Waals surface area contributed by atoms with Crippen LogP contribution in [0.2, 0.25) is 0 Å². The Morgan fingerprint density at radius 3 is 1.90 bits per heavy atom. The van der Waals surface area contributed by atoms with E-state index in [4.69, 9.17) is 4.55 Å². The van der Waals surface area contributed by atoms with Crippen molar-refractivity contribution in [3.63, 3.8) is 0 Å². The molecule has 3 rings (SSSR count). The Kier molecular flexibility index (Phi) is 3.23. The van der Waals surface area contributed by atoms with Gasteiger partial charge in [-0.1, -0.05) is 36.4 Å². The van der Waals surface area contributed by atoms with Gasteiger partial charge in [-0.25, -0.2) is 0 Å². The van der Waals surface area contributed by atoms with E-state index in [0.717, 1.165) is 21.8 Å². The highest BCUT2D eigenvalue weighted by Gasteiger charge is 2.10. The van der Waals surface area contributed by atoms with E-state index in [1.54, 1.807) is 0 Å². The number of aromatic nitrogens is 1. The van der Waals surface area contributed by atoms with E-state index in [2.05, 4.69) is 16.7 Å². The molecule has 0 bridgehead atoms. The van der Waals surface area contributed by atoms with Gasteiger partial charge >= 0.3 is 0 Å². The van der Waals surface area contributed by atoms with Crippen LogP contribution >= 0.6 is 0 Å². The van der Waals surface area contributed by atoms with Crippen LogP contribution in [0.5, 0.6) is 0 Å². The van der Waals surface area contributed by atoms with Gasteiger partial charge in [0.2, 0.25) is 0 Å². The monoisotopic (exact) mass is 289 g/mol. The van der Waals surface area contributed by atoms with Crippen LogP contribution in [0.1, 0.15) is 6.42 Å². The molecule has 0 radical (unpaired) electrons. The number of hydrogen-bond acceptors (Lipinski definition) is 2. The van der Waals surface area contributed by atoms with Crippen molar-refractivity contribution in [2.24, 2.45) is 0 Å². The lowest BCUT2D eigenvalue weighted by atomic mass is 10.2. The molecular formula is C15H15NO3S. The number of fused-ring (bicyclic) bond motifs is 3. The fraction of sp³-hybridized carbons (Fsp3) is 0.200.